The first kappa shape index (κ1) is 15.8. The number of hydrogen-bond acceptors (Lipinski definition) is 2. The molecule has 0 heterocycles. The van der Waals surface area contributed by atoms with Gasteiger partial charge in [-0.05, 0) is 35.9 Å². The summed E-state index contributed by atoms with van der Waals surface area (Å²) in [6, 6.07) is 12.7. The number of unbranched alkanes of at least 4 members (excludes halogenated alkanes) is 1. The summed E-state index contributed by atoms with van der Waals surface area (Å²) >= 11 is 0. The second-order valence-corrected chi connectivity index (χ2v) is 6.04. The Bertz CT molecular complexity index is 562. The van der Waals surface area contributed by atoms with Crippen LogP contribution < -0.4 is 10.1 Å². The first-order valence-electron chi connectivity index (χ1n) is 7.97. The van der Waals surface area contributed by atoms with Gasteiger partial charge in [0.2, 0.25) is 0 Å². The fraction of sp³-hybridized carbons (Fsp3) is 0.474. The SMILES string of the molecule is COc1ccc(CNCCCCC(C)C)c2ccccc12. The average molecular weight is 285 g/mol. The van der Waals surface area contributed by atoms with Crippen LogP contribution in [0.15, 0.2) is 36.4 Å². The van der Waals surface area contributed by atoms with Crippen LogP contribution >= 0.6 is 0 Å². The number of ether oxygens (including phenoxy) is 1. The first-order valence-corrected chi connectivity index (χ1v) is 7.97. The van der Waals surface area contributed by atoms with Crippen LogP contribution in [0.4, 0.5) is 0 Å². The molecule has 0 aliphatic carbocycles. The van der Waals surface area contributed by atoms with Crippen LogP contribution in [0.5, 0.6) is 5.75 Å². The number of nitrogens with one attached hydrogen (secondary N) is 1. The Morgan fingerprint density at radius 3 is 2.48 bits per heavy atom. The van der Waals surface area contributed by atoms with Crippen molar-refractivity contribution < 1.29 is 4.74 Å². The van der Waals surface area contributed by atoms with Crippen molar-refractivity contribution in [3.8, 4) is 5.75 Å². The van der Waals surface area contributed by atoms with Crippen molar-refractivity contribution in [2.24, 2.45) is 5.92 Å². The van der Waals surface area contributed by atoms with E-state index in [2.05, 4.69) is 55.6 Å². The minimum Gasteiger partial charge on any atom is -0.496 e. The van der Waals surface area contributed by atoms with Crippen LogP contribution in [0.25, 0.3) is 10.8 Å². The number of benzene rings is 2. The van der Waals surface area contributed by atoms with Crippen molar-refractivity contribution in [3.05, 3.63) is 42.0 Å². The fourth-order valence-corrected chi connectivity index (χ4v) is 2.69. The summed E-state index contributed by atoms with van der Waals surface area (Å²) in [4.78, 5) is 0. The summed E-state index contributed by atoms with van der Waals surface area (Å²) in [5.41, 5.74) is 1.34. The lowest BCUT2D eigenvalue weighted by atomic mass is 10.0. The van der Waals surface area contributed by atoms with E-state index in [0.29, 0.717) is 0 Å². The van der Waals surface area contributed by atoms with Gasteiger partial charge in [0.25, 0.3) is 0 Å². The highest BCUT2D eigenvalue weighted by molar-refractivity contribution is 5.91. The van der Waals surface area contributed by atoms with Crippen molar-refractivity contribution in [1.29, 1.82) is 0 Å². The summed E-state index contributed by atoms with van der Waals surface area (Å²) in [6.45, 7) is 6.59. The van der Waals surface area contributed by atoms with Crippen LogP contribution in [0.1, 0.15) is 38.7 Å². The Kier molecular flexibility index (Phi) is 6.06. The minimum atomic E-state index is 0.815. The second-order valence-electron chi connectivity index (χ2n) is 6.04. The molecule has 0 saturated heterocycles. The van der Waals surface area contributed by atoms with Gasteiger partial charge in [0.1, 0.15) is 5.75 Å². The third kappa shape index (κ3) is 4.47. The van der Waals surface area contributed by atoms with E-state index in [1.807, 2.05) is 0 Å². The molecule has 0 bridgehead atoms. The Morgan fingerprint density at radius 2 is 1.76 bits per heavy atom. The molecule has 2 nitrogen and oxygen atoms in total. The molecular weight excluding hydrogens is 258 g/mol. The zero-order valence-electron chi connectivity index (χ0n) is 13.5. The van der Waals surface area contributed by atoms with Gasteiger partial charge in [-0.1, -0.05) is 57.0 Å². The van der Waals surface area contributed by atoms with E-state index in [1.54, 1.807) is 7.11 Å². The largest absolute Gasteiger partial charge is 0.496 e. The second kappa shape index (κ2) is 8.04. The molecule has 1 N–H and O–H groups in total. The smallest absolute Gasteiger partial charge is 0.126 e. The van der Waals surface area contributed by atoms with Crippen molar-refractivity contribution in [3.63, 3.8) is 0 Å². The van der Waals surface area contributed by atoms with Crippen molar-refractivity contribution in [1.82, 2.24) is 5.32 Å². The molecule has 0 aromatic heterocycles. The topological polar surface area (TPSA) is 21.3 Å². The highest BCUT2D eigenvalue weighted by atomic mass is 16.5. The summed E-state index contributed by atoms with van der Waals surface area (Å²) in [5.74, 6) is 1.77. The van der Waals surface area contributed by atoms with E-state index < -0.39 is 0 Å². The minimum absolute atomic E-state index is 0.815. The fourth-order valence-electron chi connectivity index (χ4n) is 2.69. The van der Waals surface area contributed by atoms with Gasteiger partial charge in [0.05, 0.1) is 7.11 Å². The van der Waals surface area contributed by atoms with Crippen LogP contribution in [0, 0.1) is 5.92 Å². The molecule has 0 fully saturated rings. The molecule has 0 aliphatic heterocycles. The lowest BCUT2D eigenvalue weighted by Gasteiger charge is -2.11. The van der Waals surface area contributed by atoms with Gasteiger partial charge >= 0.3 is 0 Å². The lowest BCUT2D eigenvalue weighted by Crippen LogP contribution is -2.15. The van der Waals surface area contributed by atoms with Crippen LogP contribution in [-0.4, -0.2) is 13.7 Å². The highest BCUT2D eigenvalue weighted by Crippen LogP contribution is 2.28. The molecule has 0 saturated carbocycles. The standard InChI is InChI=1S/C19H27NO/c1-15(2)8-6-7-13-20-14-16-11-12-19(21-3)18-10-5-4-9-17(16)18/h4-5,9-12,15,20H,6-8,13-14H2,1-3H3. The molecule has 0 atom stereocenters. The predicted octanol–water partition coefficient (Wildman–Crippen LogP) is 4.76. The van der Waals surface area contributed by atoms with E-state index in [4.69, 9.17) is 4.74 Å². The Hall–Kier alpha value is -1.54. The highest BCUT2D eigenvalue weighted by Gasteiger charge is 2.05. The van der Waals surface area contributed by atoms with E-state index in [9.17, 15) is 0 Å². The van der Waals surface area contributed by atoms with Crippen LogP contribution in [0.2, 0.25) is 0 Å². The third-order valence-corrected chi connectivity index (χ3v) is 3.89. The van der Waals surface area contributed by atoms with Crippen molar-refractivity contribution >= 4 is 10.8 Å². The average Bonchev–Trinajstić information content (AvgIpc) is 2.50. The number of methoxy groups -OCH3 is 1. The van der Waals surface area contributed by atoms with E-state index in [0.717, 1.165) is 24.8 Å². The molecule has 0 unspecified atom stereocenters. The zero-order valence-corrected chi connectivity index (χ0v) is 13.5. The maximum atomic E-state index is 5.44. The Balaban J connectivity index is 1.93. The molecule has 21 heavy (non-hydrogen) atoms. The lowest BCUT2D eigenvalue weighted by molar-refractivity contribution is 0.419. The van der Waals surface area contributed by atoms with Crippen LogP contribution in [0.3, 0.4) is 0 Å². The van der Waals surface area contributed by atoms with Gasteiger partial charge < -0.3 is 10.1 Å². The maximum absolute atomic E-state index is 5.44. The molecule has 0 amide bonds. The maximum Gasteiger partial charge on any atom is 0.126 e. The van der Waals surface area contributed by atoms with Crippen molar-refractivity contribution in [2.45, 2.75) is 39.7 Å². The van der Waals surface area contributed by atoms with Crippen molar-refractivity contribution in [2.75, 3.05) is 13.7 Å². The van der Waals surface area contributed by atoms with E-state index in [1.165, 1.54) is 35.6 Å². The summed E-state index contributed by atoms with van der Waals surface area (Å²) in [7, 11) is 1.73. The molecule has 114 valence electrons. The van der Waals surface area contributed by atoms with E-state index >= 15 is 0 Å². The molecule has 0 aliphatic rings. The van der Waals surface area contributed by atoms with Gasteiger partial charge in [-0.2, -0.15) is 0 Å². The van der Waals surface area contributed by atoms with Gasteiger partial charge in [0.15, 0.2) is 0 Å². The number of hydrogen-bond donors (Lipinski definition) is 1. The molecule has 0 spiro atoms. The van der Waals surface area contributed by atoms with Crippen LogP contribution in [-0.2, 0) is 6.54 Å². The number of fused-ring (bicyclic) bond motifs is 1. The summed E-state index contributed by atoms with van der Waals surface area (Å²) < 4.78 is 5.44. The Morgan fingerprint density at radius 1 is 1.00 bits per heavy atom. The molecule has 0 radical (unpaired) electrons. The summed E-state index contributed by atoms with van der Waals surface area (Å²) in [6.07, 6.45) is 3.90. The monoisotopic (exact) mass is 285 g/mol. The number of rotatable bonds is 8. The van der Waals surface area contributed by atoms with Gasteiger partial charge in [-0.3, -0.25) is 0 Å². The quantitative estimate of drug-likeness (QED) is 0.706. The first-order chi connectivity index (χ1) is 10.2. The molecule has 2 aromatic rings. The summed E-state index contributed by atoms with van der Waals surface area (Å²) in [5, 5.41) is 6.04. The van der Waals surface area contributed by atoms with E-state index in [-0.39, 0.29) is 0 Å². The van der Waals surface area contributed by atoms with Gasteiger partial charge in [-0.25, -0.2) is 0 Å². The third-order valence-electron chi connectivity index (χ3n) is 3.89. The normalized spacial score (nSPS) is 11.2. The molecule has 2 aromatic carbocycles. The Labute approximate surface area is 128 Å². The van der Waals surface area contributed by atoms with Gasteiger partial charge in [0, 0.05) is 11.9 Å². The molecule has 2 rings (SSSR count). The molecular formula is C19H27NO. The predicted molar refractivity (Wildman–Crippen MR) is 90.9 cm³/mol. The molecule has 2 heteroatoms. The zero-order chi connectivity index (χ0) is 15.1. The van der Waals surface area contributed by atoms with Gasteiger partial charge in [-0.15, -0.1) is 0 Å².